The van der Waals surface area contributed by atoms with Gasteiger partial charge in [0.25, 0.3) is 5.91 Å². The zero-order valence-electron chi connectivity index (χ0n) is 21.7. The Morgan fingerprint density at radius 3 is 2.47 bits per heavy atom. The number of hydrogen-bond acceptors (Lipinski definition) is 5. The van der Waals surface area contributed by atoms with E-state index in [4.69, 9.17) is 14.2 Å². The standard InChI is InChI=1S/C30H39NO5/c1-4-6-7-8-9-19-36-26-17-14-22(15-18-26)29(32)31-25-16-13-24(20-25)28(30(33)35-5-2)23-11-10-12-27(21-23)34-3/h10-18,21,24-25,28H,4-9,19-20H2,1-3H3,(H,31,32)/t24-,25-,28+/m1/s1. The zero-order valence-corrected chi connectivity index (χ0v) is 21.7. The lowest BCUT2D eigenvalue weighted by atomic mass is 9.85. The number of benzene rings is 2. The molecule has 0 aromatic heterocycles. The van der Waals surface area contributed by atoms with Gasteiger partial charge in [-0.15, -0.1) is 0 Å². The van der Waals surface area contributed by atoms with Crippen molar-refractivity contribution in [3.05, 3.63) is 71.8 Å². The van der Waals surface area contributed by atoms with E-state index in [-0.39, 0.29) is 23.8 Å². The van der Waals surface area contributed by atoms with Crippen LogP contribution in [0.2, 0.25) is 0 Å². The molecule has 0 radical (unpaired) electrons. The third-order valence-corrected chi connectivity index (χ3v) is 6.49. The number of carbonyl (C=O) groups is 2. The molecule has 36 heavy (non-hydrogen) atoms. The molecule has 194 valence electrons. The number of methoxy groups -OCH3 is 1. The topological polar surface area (TPSA) is 73.9 Å². The van der Waals surface area contributed by atoms with E-state index in [2.05, 4.69) is 12.2 Å². The molecule has 0 aliphatic heterocycles. The van der Waals surface area contributed by atoms with Crippen LogP contribution < -0.4 is 14.8 Å². The Morgan fingerprint density at radius 1 is 0.972 bits per heavy atom. The average Bonchev–Trinajstić information content (AvgIpc) is 3.34. The molecule has 6 heteroatoms. The van der Waals surface area contributed by atoms with Gasteiger partial charge in [-0.1, -0.05) is 56.9 Å². The van der Waals surface area contributed by atoms with Gasteiger partial charge in [0.05, 0.1) is 26.2 Å². The van der Waals surface area contributed by atoms with E-state index in [1.54, 1.807) is 26.2 Å². The summed E-state index contributed by atoms with van der Waals surface area (Å²) in [6.45, 7) is 5.02. The molecule has 0 saturated carbocycles. The van der Waals surface area contributed by atoms with Crippen LogP contribution in [0, 0.1) is 5.92 Å². The lowest BCUT2D eigenvalue weighted by Gasteiger charge is -2.23. The van der Waals surface area contributed by atoms with Gasteiger partial charge in [0, 0.05) is 11.6 Å². The molecule has 3 atom stereocenters. The van der Waals surface area contributed by atoms with Crippen molar-refractivity contribution in [2.45, 2.75) is 64.3 Å². The first-order valence-electron chi connectivity index (χ1n) is 13.1. The van der Waals surface area contributed by atoms with Crippen LogP contribution in [0.15, 0.2) is 60.7 Å². The molecule has 0 unspecified atom stereocenters. The molecule has 1 aliphatic carbocycles. The minimum Gasteiger partial charge on any atom is -0.497 e. The highest BCUT2D eigenvalue weighted by atomic mass is 16.5. The van der Waals surface area contributed by atoms with Crippen molar-refractivity contribution in [1.29, 1.82) is 0 Å². The maximum atomic E-state index is 12.9. The minimum absolute atomic E-state index is 0.0884. The predicted molar refractivity (Wildman–Crippen MR) is 142 cm³/mol. The van der Waals surface area contributed by atoms with E-state index in [1.807, 2.05) is 48.6 Å². The van der Waals surface area contributed by atoms with Crippen LogP contribution in [0.3, 0.4) is 0 Å². The second-order valence-electron chi connectivity index (χ2n) is 9.16. The van der Waals surface area contributed by atoms with E-state index in [0.29, 0.717) is 30.9 Å². The average molecular weight is 494 g/mol. The zero-order chi connectivity index (χ0) is 25.8. The SMILES string of the molecule is CCCCCCCOc1ccc(C(=O)N[C@@H]2C=C[C@@H]([C@@H](C(=O)OCC)c3cccc(OC)c3)C2)cc1. The summed E-state index contributed by atoms with van der Waals surface area (Å²) < 4.78 is 16.5. The van der Waals surface area contributed by atoms with Gasteiger partial charge in [-0.25, -0.2) is 0 Å². The van der Waals surface area contributed by atoms with Crippen LogP contribution >= 0.6 is 0 Å². The molecule has 0 fully saturated rings. The van der Waals surface area contributed by atoms with Crippen molar-refractivity contribution in [2.24, 2.45) is 5.92 Å². The van der Waals surface area contributed by atoms with Crippen molar-refractivity contribution in [3.63, 3.8) is 0 Å². The summed E-state index contributed by atoms with van der Waals surface area (Å²) in [5.74, 6) is 0.501. The van der Waals surface area contributed by atoms with Gasteiger partial charge in [-0.3, -0.25) is 9.59 Å². The van der Waals surface area contributed by atoms with E-state index < -0.39 is 5.92 Å². The fourth-order valence-corrected chi connectivity index (χ4v) is 4.56. The first kappa shape index (κ1) is 27.3. The summed E-state index contributed by atoms with van der Waals surface area (Å²) in [6.07, 6.45) is 10.6. The van der Waals surface area contributed by atoms with Crippen LogP contribution in [0.25, 0.3) is 0 Å². The third kappa shape index (κ3) is 7.87. The summed E-state index contributed by atoms with van der Waals surface area (Å²) >= 11 is 0. The van der Waals surface area contributed by atoms with Gasteiger partial charge in [-0.2, -0.15) is 0 Å². The number of unbranched alkanes of at least 4 members (excludes halogenated alkanes) is 4. The Bertz CT molecular complexity index is 1000. The van der Waals surface area contributed by atoms with Crippen molar-refractivity contribution in [2.75, 3.05) is 20.3 Å². The normalized spacial score (nSPS) is 17.4. The highest BCUT2D eigenvalue weighted by molar-refractivity contribution is 5.94. The van der Waals surface area contributed by atoms with Crippen LogP contribution in [0.5, 0.6) is 11.5 Å². The Balaban J connectivity index is 1.55. The van der Waals surface area contributed by atoms with Gasteiger partial charge in [0.2, 0.25) is 0 Å². The smallest absolute Gasteiger partial charge is 0.314 e. The number of esters is 1. The highest BCUT2D eigenvalue weighted by Gasteiger charge is 2.34. The maximum absolute atomic E-state index is 12.9. The Kier molecular flexibility index (Phi) is 10.9. The molecule has 6 nitrogen and oxygen atoms in total. The number of hydrogen-bond donors (Lipinski definition) is 1. The first-order valence-corrected chi connectivity index (χ1v) is 13.1. The lowest BCUT2D eigenvalue weighted by molar-refractivity contribution is -0.146. The molecular formula is C30H39NO5. The Morgan fingerprint density at radius 2 is 1.75 bits per heavy atom. The van der Waals surface area contributed by atoms with Crippen LogP contribution in [-0.2, 0) is 9.53 Å². The van der Waals surface area contributed by atoms with Crippen molar-refractivity contribution in [1.82, 2.24) is 5.32 Å². The molecule has 1 N–H and O–H groups in total. The van der Waals surface area contributed by atoms with Crippen molar-refractivity contribution in [3.8, 4) is 11.5 Å². The number of carbonyl (C=O) groups excluding carboxylic acids is 2. The van der Waals surface area contributed by atoms with Gasteiger partial charge < -0.3 is 19.5 Å². The summed E-state index contributed by atoms with van der Waals surface area (Å²) in [7, 11) is 1.60. The molecule has 0 spiro atoms. The fraction of sp³-hybridized carbons (Fsp3) is 0.467. The number of rotatable bonds is 14. The summed E-state index contributed by atoms with van der Waals surface area (Å²) in [6, 6.07) is 14.6. The molecule has 1 aliphatic rings. The minimum atomic E-state index is -0.461. The summed E-state index contributed by atoms with van der Waals surface area (Å²) in [4.78, 5) is 25.7. The maximum Gasteiger partial charge on any atom is 0.314 e. The number of amides is 1. The second kappa shape index (κ2) is 14.3. The second-order valence-corrected chi connectivity index (χ2v) is 9.16. The van der Waals surface area contributed by atoms with E-state index in [1.165, 1.54) is 25.7 Å². The van der Waals surface area contributed by atoms with Crippen molar-refractivity contribution >= 4 is 11.9 Å². The van der Waals surface area contributed by atoms with Crippen LogP contribution in [-0.4, -0.2) is 38.2 Å². The van der Waals surface area contributed by atoms with E-state index in [0.717, 1.165) is 17.7 Å². The number of ether oxygens (including phenoxy) is 3. The quantitative estimate of drug-likeness (QED) is 0.197. The number of allylic oxidation sites excluding steroid dienone is 1. The fourth-order valence-electron chi connectivity index (χ4n) is 4.56. The molecule has 2 aromatic rings. The monoisotopic (exact) mass is 493 g/mol. The number of nitrogens with one attached hydrogen (secondary N) is 1. The van der Waals surface area contributed by atoms with E-state index >= 15 is 0 Å². The summed E-state index contributed by atoms with van der Waals surface area (Å²) in [5, 5.41) is 3.07. The molecular weight excluding hydrogens is 454 g/mol. The van der Waals surface area contributed by atoms with Gasteiger partial charge >= 0.3 is 5.97 Å². The molecule has 0 bridgehead atoms. The predicted octanol–water partition coefficient (Wildman–Crippen LogP) is 6.07. The van der Waals surface area contributed by atoms with Crippen molar-refractivity contribution < 1.29 is 23.8 Å². The van der Waals surface area contributed by atoms with Crippen LogP contribution in [0.1, 0.15) is 74.2 Å². The third-order valence-electron chi connectivity index (χ3n) is 6.49. The largest absolute Gasteiger partial charge is 0.497 e. The molecule has 2 aromatic carbocycles. The first-order chi connectivity index (χ1) is 17.5. The molecule has 1 amide bonds. The molecule has 0 saturated heterocycles. The van der Waals surface area contributed by atoms with Gasteiger partial charge in [0.1, 0.15) is 11.5 Å². The molecule has 0 heterocycles. The Hall–Kier alpha value is -3.28. The van der Waals surface area contributed by atoms with Crippen LogP contribution in [0.4, 0.5) is 0 Å². The van der Waals surface area contributed by atoms with E-state index in [9.17, 15) is 9.59 Å². The van der Waals surface area contributed by atoms with Gasteiger partial charge in [0.15, 0.2) is 0 Å². The summed E-state index contributed by atoms with van der Waals surface area (Å²) in [5.41, 5.74) is 1.42. The van der Waals surface area contributed by atoms with Gasteiger partial charge in [-0.05, 0) is 67.6 Å². The lowest BCUT2D eigenvalue weighted by Crippen LogP contribution is -2.33. The highest BCUT2D eigenvalue weighted by Crippen LogP contribution is 2.35. The Labute approximate surface area is 215 Å². The molecule has 3 rings (SSSR count).